The van der Waals surface area contributed by atoms with Crippen molar-refractivity contribution in [3.63, 3.8) is 0 Å². The molecule has 1 fully saturated rings. The molecule has 0 spiro atoms. The Hall–Kier alpha value is -2.44. The molecule has 23 heavy (non-hydrogen) atoms. The second-order valence-corrected chi connectivity index (χ2v) is 5.34. The van der Waals surface area contributed by atoms with Gasteiger partial charge in [0.1, 0.15) is 5.82 Å². The van der Waals surface area contributed by atoms with Crippen molar-refractivity contribution in [1.82, 2.24) is 4.98 Å². The molecule has 2 N–H and O–H groups in total. The molecular formula is C17H18N2O4. The molecule has 1 saturated heterocycles. The van der Waals surface area contributed by atoms with Crippen LogP contribution in [0.2, 0.25) is 0 Å². The van der Waals surface area contributed by atoms with E-state index in [2.05, 4.69) is 9.88 Å². The van der Waals surface area contributed by atoms with Gasteiger partial charge in [-0.3, -0.25) is 0 Å². The fourth-order valence-electron chi connectivity index (χ4n) is 2.67. The summed E-state index contributed by atoms with van der Waals surface area (Å²) in [7, 11) is 0. The normalized spacial score (nSPS) is 14.7. The summed E-state index contributed by atoms with van der Waals surface area (Å²) >= 11 is 0. The molecular weight excluding hydrogens is 296 g/mol. The summed E-state index contributed by atoms with van der Waals surface area (Å²) in [5, 5.41) is 18.7. The number of anilines is 1. The van der Waals surface area contributed by atoms with Gasteiger partial charge < -0.3 is 19.8 Å². The van der Waals surface area contributed by atoms with Gasteiger partial charge in [0.15, 0.2) is 0 Å². The van der Waals surface area contributed by atoms with Gasteiger partial charge in [-0.2, -0.15) is 0 Å². The third-order valence-electron chi connectivity index (χ3n) is 3.92. The second kappa shape index (κ2) is 6.76. The predicted octanol–water partition coefficient (Wildman–Crippen LogP) is 1.78. The van der Waals surface area contributed by atoms with Crippen molar-refractivity contribution in [2.24, 2.45) is 0 Å². The lowest BCUT2D eigenvalue weighted by atomic mass is 9.98. The first kappa shape index (κ1) is 15.5. The van der Waals surface area contributed by atoms with E-state index in [0.29, 0.717) is 24.3 Å². The first-order valence-corrected chi connectivity index (χ1v) is 7.45. The van der Waals surface area contributed by atoms with Crippen molar-refractivity contribution in [2.75, 3.05) is 31.2 Å². The molecule has 6 nitrogen and oxygen atoms in total. The summed E-state index contributed by atoms with van der Waals surface area (Å²) in [6.07, 6.45) is 1.70. The fraction of sp³-hybridized carbons (Fsp3) is 0.294. The highest BCUT2D eigenvalue weighted by molar-refractivity contribution is 5.90. The molecule has 3 rings (SSSR count). The summed E-state index contributed by atoms with van der Waals surface area (Å²) in [6.45, 7) is 2.74. The third-order valence-corrected chi connectivity index (χ3v) is 3.92. The van der Waals surface area contributed by atoms with Gasteiger partial charge in [-0.1, -0.05) is 6.07 Å². The van der Waals surface area contributed by atoms with Crippen LogP contribution in [0.3, 0.4) is 0 Å². The number of hydrogen-bond donors (Lipinski definition) is 2. The third kappa shape index (κ3) is 3.33. The number of carboxylic acid groups (broad SMARTS) is 1. The minimum Gasteiger partial charge on any atom is -0.478 e. The van der Waals surface area contributed by atoms with E-state index in [1.807, 2.05) is 12.1 Å². The number of nitrogens with zero attached hydrogens (tertiary/aromatic N) is 2. The lowest BCUT2D eigenvalue weighted by Crippen LogP contribution is -2.36. The van der Waals surface area contributed by atoms with Gasteiger partial charge >= 0.3 is 5.97 Å². The topological polar surface area (TPSA) is 82.9 Å². The quantitative estimate of drug-likeness (QED) is 0.895. The Morgan fingerprint density at radius 2 is 2.00 bits per heavy atom. The van der Waals surface area contributed by atoms with Crippen LogP contribution in [0.1, 0.15) is 15.9 Å². The van der Waals surface area contributed by atoms with E-state index >= 15 is 0 Å². The number of aliphatic hydroxyl groups is 1. The number of carbonyl (C=O) groups is 1. The SMILES string of the molecule is O=C(O)c1ccc(CO)c(-c2ccnc(N3CCOCC3)c2)c1. The number of aromatic nitrogens is 1. The molecule has 2 aromatic rings. The van der Waals surface area contributed by atoms with Crippen molar-refractivity contribution in [2.45, 2.75) is 6.61 Å². The molecule has 1 aromatic heterocycles. The maximum atomic E-state index is 11.2. The molecule has 6 heteroatoms. The first-order chi connectivity index (χ1) is 11.2. The predicted molar refractivity (Wildman–Crippen MR) is 85.6 cm³/mol. The first-order valence-electron chi connectivity index (χ1n) is 7.45. The lowest BCUT2D eigenvalue weighted by molar-refractivity contribution is 0.0697. The summed E-state index contributed by atoms with van der Waals surface area (Å²) < 4.78 is 5.35. The highest BCUT2D eigenvalue weighted by Gasteiger charge is 2.15. The van der Waals surface area contributed by atoms with E-state index in [0.717, 1.165) is 24.5 Å². The van der Waals surface area contributed by atoms with Gasteiger partial charge in [0.2, 0.25) is 0 Å². The number of rotatable bonds is 4. The Bertz CT molecular complexity index is 711. The maximum Gasteiger partial charge on any atom is 0.335 e. The van der Waals surface area contributed by atoms with Gasteiger partial charge in [0.05, 0.1) is 25.4 Å². The minimum atomic E-state index is -0.988. The number of benzene rings is 1. The molecule has 0 unspecified atom stereocenters. The molecule has 0 amide bonds. The number of carboxylic acids is 1. The summed E-state index contributed by atoms with van der Waals surface area (Å²) in [6, 6.07) is 8.48. The van der Waals surface area contributed by atoms with Crippen LogP contribution in [0.4, 0.5) is 5.82 Å². The molecule has 1 aromatic carbocycles. The Balaban J connectivity index is 2.00. The summed E-state index contributed by atoms with van der Waals surface area (Å²) in [5.74, 6) is -0.159. The zero-order valence-corrected chi connectivity index (χ0v) is 12.6. The number of aliphatic hydroxyl groups excluding tert-OH is 1. The molecule has 1 aliphatic heterocycles. The van der Waals surface area contributed by atoms with Crippen LogP contribution in [0.5, 0.6) is 0 Å². The highest BCUT2D eigenvalue weighted by atomic mass is 16.5. The van der Waals surface area contributed by atoms with Crippen molar-refractivity contribution in [3.8, 4) is 11.1 Å². The number of aromatic carboxylic acids is 1. The zero-order chi connectivity index (χ0) is 16.2. The van der Waals surface area contributed by atoms with Crippen LogP contribution in [-0.4, -0.2) is 47.5 Å². The highest BCUT2D eigenvalue weighted by Crippen LogP contribution is 2.28. The van der Waals surface area contributed by atoms with Crippen LogP contribution < -0.4 is 4.90 Å². The van der Waals surface area contributed by atoms with Crippen LogP contribution in [0.15, 0.2) is 36.5 Å². The molecule has 0 aliphatic carbocycles. The van der Waals surface area contributed by atoms with Gasteiger partial charge in [-0.05, 0) is 41.0 Å². The largest absolute Gasteiger partial charge is 0.478 e. The van der Waals surface area contributed by atoms with Crippen LogP contribution in [0, 0.1) is 0 Å². The molecule has 1 aliphatic rings. The number of ether oxygens (including phenoxy) is 1. The Morgan fingerprint density at radius 3 is 2.70 bits per heavy atom. The van der Waals surface area contributed by atoms with Gasteiger partial charge in [-0.25, -0.2) is 9.78 Å². The lowest BCUT2D eigenvalue weighted by Gasteiger charge is -2.28. The van der Waals surface area contributed by atoms with E-state index in [-0.39, 0.29) is 12.2 Å². The van der Waals surface area contributed by atoms with Gasteiger partial charge in [-0.15, -0.1) is 0 Å². The van der Waals surface area contributed by atoms with E-state index in [9.17, 15) is 15.0 Å². The molecule has 2 heterocycles. The summed E-state index contributed by atoms with van der Waals surface area (Å²) in [5.41, 5.74) is 2.44. The van der Waals surface area contributed by atoms with Crippen LogP contribution >= 0.6 is 0 Å². The number of morpholine rings is 1. The number of hydrogen-bond acceptors (Lipinski definition) is 5. The molecule has 0 bridgehead atoms. The van der Waals surface area contributed by atoms with Crippen LogP contribution in [-0.2, 0) is 11.3 Å². The van der Waals surface area contributed by atoms with Crippen molar-refractivity contribution in [3.05, 3.63) is 47.7 Å². The zero-order valence-electron chi connectivity index (χ0n) is 12.6. The summed E-state index contributed by atoms with van der Waals surface area (Å²) in [4.78, 5) is 17.7. The van der Waals surface area contributed by atoms with Gasteiger partial charge in [0, 0.05) is 19.3 Å². The van der Waals surface area contributed by atoms with E-state index in [1.165, 1.54) is 6.07 Å². The average molecular weight is 314 g/mol. The molecule has 0 saturated carbocycles. The standard InChI is InChI=1S/C17H18N2O4/c20-11-14-2-1-13(17(21)22)9-15(14)12-3-4-18-16(10-12)19-5-7-23-8-6-19/h1-4,9-10,20H,5-8,11H2,(H,21,22). The maximum absolute atomic E-state index is 11.2. The Labute approximate surface area is 134 Å². The average Bonchev–Trinajstić information content (AvgIpc) is 2.62. The van der Waals surface area contributed by atoms with E-state index in [4.69, 9.17) is 4.74 Å². The van der Waals surface area contributed by atoms with E-state index < -0.39 is 5.97 Å². The monoisotopic (exact) mass is 314 g/mol. The van der Waals surface area contributed by atoms with Crippen LogP contribution in [0.25, 0.3) is 11.1 Å². The molecule has 0 radical (unpaired) electrons. The minimum absolute atomic E-state index is 0.148. The fourth-order valence-corrected chi connectivity index (χ4v) is 2.67. The van der Waals surface area contributed by atoms with Crippen molar-refractivity contribution in [1.29, 1.82) is 0 Å². The van der Waals surface area contributed by atoms with Crippen molar-refractivity contribution < 1.29 is 19.7 Å². The number of pyridine rings is 1. The van der Waals surface area contributed by atoms with Crippen molar-refractivity contribution >= 4 is 11.8 Å². The van der Waals surface area contributed by atoms with Gasteiger partial charge in [0.25, 0.3) is 0 Å². The smallest absolute Gasteiger partial charge is 0.335 e. The molecule has 120 valence electrons. The molecule has 0 atom stereocenters. The Kier molecular flexibility index (Phi) is 4.55. The second-order valence-electron chi connectivity index (χ2n) is 5.34. The Morgan fingerprint density at radius 1 is 1.22 bits per heavy atom. The van der Waals surface area contributed by atoms with E-state index in [1.54, 1.807) is 18.3 Å².